The number of rotatable bonds is 8. The number of aliphatic hydroxyl groups is 1. The van der Waals surface area contributed by atoms with Crippen molar-refractivity contribution in [2.75, 3.05) is 6.61 Å². The average molecular weight is 417 g/mol. The average Bonchev–Trinajstić information content (AvgIpc) is 3.11. The number of imidazole rings is 1. The summed E-state index contributed by atoms with van der Waals surface area (Å²) in [7, 11) is 0. The number of aryl methyl sites for hydroxylation is 3. The predicted octanol–water partition coefficient (Wildman–Crippen LogP) is 4.98. The van der Waals surface area contributed by atoms with E-state index in [2.05, 4.69) is 6.07 Å². The van der Waals surface area contributed by atoms with E-state index in [-0.39, 0.29) is 6.61 Å². The Morgan fingerprint density at radius 1 is 0.903 bits per heavy atom. The van der Waals surface area contributed by atoms with Crippen LogP contribution in [0.3, 0.4) is 0 Å². The highest BCUT2D eigenvalue weighted by atomic mass is 16.5. The van der Waals surface area contributed by atoms with Gasteiger partial charge in [-0.1, -0.05) is 42.0 Å². The third-order valence-electron chi connectivity index (χ3n) is 5.29. The molecule has 0 saturated carbocycles. The van der Waals surface area contributed by atoms with Crippen LogP contribution in [0.1, 0.15) is 22.5 Å². The van der Waals surface area contributed by atoms with Crippen LogP contribution in [0.25, 0.3) is 11.0 Å². The summed E-state index contributed by atoms with van der Waals surface area (Å²) in [5.41, 5.74) is 5.22. The lowest BCUT2D eigenvalue weighted by atomic mass is 10.1. The van der Waals surface area contributed by atoms with E-state index in [0.717, 1.165) is 39.5 Å². The van der Waals surface area contributed by atoms with Crippen molar-refractivity contribution in [1.29, 1.82) is 0 Å². The molecule has 1 aromatic heterocycles. The molecule has 1 N–H and O–H groups in total. The summed E-state index contributed by atoms with van der Waals surface area (Å²) in [6.45, 7) is 6.98. The van der Waals surface area contributed by atoms with Crippen LogP contribution in [0.4, 0.5) is 0 Å². The highest BCUT2D eigenvalue weighted by Crippen LogP contribution is 2.21. The molecule has 0 spiro atoms. The van der Waals surface area contributed by atoms with E-state index in [4.69, 9.17) is 14.5 Å². The van der Waals surface area contributed by atoms with E-state index in [1.165, 1.54) is 5.56 Å². The topological polar surface area (TPSA) is 56.5 Å². The smallest absolute Gasteiger partial charge is 0.148 e. The molecule has 160 valence electrons. The van der Waals surface area contributed by atoms with Gasteiger partial charge in [0.25, 0.3) is 0 Å². The normalized spacial score (nSPS) is 12.1. The number of aliphatic hydroxyl groups excluding tert-OH is 1. The van der Waals surface area contributed by atoms with Gasteiger partial charge in [0.2, 0.25) is 0 Å². The zero-order valence-electron chi connectivity index (χ0n) is 18.2. The van der Waals surface area contributed by atoms with Crippen molar-refractivity contribution in [3.8, 4) is 11.5 Å². The van der Waals surface area contributed by atoms with E-state index in [0.29, 0.717) is 13.2 Å². The third-order valence-corrected chi connectivity index (χ3v) is 5.29. The van der Waals surface area contributed by atoms with Crippen molar-refractivity contribution in [3.05, 3.63) is 89.2 Å². The molecular formula is C26H28N2O3. The molecule has 4 rings (SSSR count). The number of benzene rings is 3. The first-order valence-electron chi connectivity index (χ1n) is 10.5. The van der Waals surface area contributed by atoms with Crippen molar-refractivity contribution in [3.63, 3.8) is 0 Å². The molecule has 0 saturated heterocycles. The van der Waals surface area contributed by atoms with Crippen LogP contribution in [0.5, 0.6) is 11.5 Å². The molecule has 0 bridgehead atoms. The summed E-state index contributed by atoms with van der Waals surface area (Å²) in [6.07, 6.45) is -0.685. The van der Waals surface area contributed by atoms with Crippen LogP contribution < -0.4 is 9.47 Å². The van der Waals surface area contributed by atoms with Gasteiger partial charge < -0.3 is 19.1 Å². The standard InChI is InChI=1S/C26H28N2O3/c1-18-9-12-22(13-10-18)30-17-26-27-23-6-4-5-7-24(23)28(26)15-21(29)16-31-25-14-19(2)8-11-20(25)3/h4-14,21,29H,15-17H2,1-3H3/t21-/m0/s1. The Labute approximate surface area is 182 Å². The first-order chi connectivity index (χ1) is 15.0. The fraction of sp³-hybridized carbons (Fsp3) is 0.269. The van der Waals surface area contributed by atoms with Crippen molar-refractivity contribution >= 4 is 11.0 Å². The largest absolute Gasteiger partial charge is 0.491 e. The highest BCUT2D eigenvalue weighted by Gasteiger charge is 2.16. The lowest BCUT2D eigenvalue weighted by molar-refractivity contribution is 0.0914. The van der Waals surface area contributed by atoms with Crippen LogP contribution in [-0.2, 0) is 13.2 Å². The van der Waals surface area contributed by atoms with Gasteiger partial charge in [-0.3, -0.25) is 0 Å². The number of fused-ring (bicyclic) bond motifs is 1. The molecular weight excluding hydrogens is 388 g/mol. The second-order valence-electron chi connectivity index (χ2n) is 7.96. The van der Waals surface area contributed by atoms with Crippen molar-refractivity contribution in [2.24, 2.45) is 0 Å². The lowest BCUT2D eigenvalue weighted by Gasteiger charge is -2.17. The molecule has 1 heterocycles. The molecule has 1 atom stereocenters. The molecule has 5 heteroatoms. The SMILES string of the molecule is Cc1ccc(OCc2nc3ccccc3n2C[C@H](O)COc2cc(C)ccc2C)cc1. The highest BCUT2D eigenvalue weighted by molar-refractivity contribution is 5.75. The molecule has 0 aliphatic carbocycles. The molecule has 0 aliphatic rings. The number of ether oxygens (including phenoxy) is 2. The number of hydrogen-bond acceptors (Lipinski definition) is 4. The summed E-state index contributed by atoms with van der Waals surface area (Å²) in [5.74, 6) is 2.37. The Morgan fingerprint density at radius 3 is 2.45 bits per heavy atom. The van der Waals surface area contributed by atoms with Gasteiger partial charge in [-0.2, -0.15) is 0 Å². The quantitative estimate of drug-likeness (QED) is 0.440. The molecule has 0 fully saturated rings. The van der Waals surface area contributed by atoms with Crippen LogP contribution in [-0.4, -0.2) is 27.4 Å². The van der Waals surface area contributed by atoms with E-state index in [9.17, 15) is 5.11 Å². The Morgan fingerprint density at radius 2 is 1.65 bits per heavy atom. The first kappa shape index (κ1) is 20.9. The minimum Gasteiger partial charge on any atom is -0.491 e. The second kappa shape index (κ2) is 9.23. The molecule has 5 nitrogen and oxygen atoms in total. The lowest BCUT2D eigenvalue weighted by Crippen LogP contribution is -2.25. The van der Waals surface area contributed by atoms with Gasteiger partial charge in [-0.25, -0.2) is 4.98 Å². The summed E-state index contributed by atoms with van der Waals surface area (Å²) < 4.78 is 13.9. The van der Waals surface area contributed by atoms with Crippen molar-refractivity contribution in [2.45, 2.75) is 40.0 Å². The van der Waals surface area contributed by atoms with Crippen LogP contribution in [0.2, 0.25) is 0 Å². The monoisotopic (exact) mass is 416 g/mol. The Kier molecular flexibility index (Phi) is 6.23. The Balaban J connectivity index is 1.49. The fourth-order valence-electron chi connectivity index (χ4n) is 3.53. The minimum absolute atomic E-state index is 0.203. The summed E-state index contributed by atoms with van der Waals surface area (Å²) in [6, 6.07) is 21.9. The summed E-state index contributed by atoms with van der Waals surface area (Å²) >= 11 is 0. The molecule has 0 amide bonds. The fourth-order valence-corrected chi connectivity index (χ4v) is 3.53. The predicted molar refractivity (Wildman–Crippen MR) is 123 cm³/mol. The van der Waals surface area contributed by atoms with Crippen molar-refractivity contribution < 1.29 is 14.6 Å². The minimum atomic E-state index is -0.685. The van der Waals surface area contributed by atoms with Crippen molar-refractivity contribution in [1.82, 2.24) is 9.55 Å². The number of hydrogen-bond donors (Lipinski definition) is 1. The Hall–Kier alpha value is -3.31. The maximum atomic E-state index is 10.7. The second-order valence-corrected chi connectivity index (χ2v) is 7.96. The van der Waals surface area contributed by atoms with Gasteiger partial charge in [0.15, 0.2) is 0 Å². The summed E-state index contributed by atoms with van der Waals surface area (Å²) in [4.78, 5) is 4.73. The summed E-state index contributed by atoms with van der Waals surface area (Å²) in [5, 5.41) is 10.7. The zero-order chi connectivity index (χ0) is 21.8. The van der Waals surface area contributed by atoms with Gasteiger partial charge in [-0.15, -0.1) is 0 Å². The maximum absolute atomic E-state index is 10.7. The zero-order valence-corrected chi connectivity index (χ0v) is 18.2. The third kappa shape index (κ3) is 5.06. The molecule has 4 aromatic rings. The number of para-hydroxylation sites is 2. The molecule has 0 aliphatic heterocycles. The van der Waals surface area contributed by atoms with E-state index >= 15 is 0 Å². The van der Waals surface area contributed by atoms with E-state index in [1.54, 1.807) is 0 Å². The molecule has 0 unspecified atom stereocenters. The van der Waals surface area contributed by atoms with Gasteiger partial charge in [0, 0.05) is 0 Å². The van der Waals surface area contributed by atoms with Gasteiger partial charge in [0.05, 0.1) is 17.6 Å². The maximum Gasteiger partial charge on any atom is 0.148 e. The molecule has 31 heavy (non-hydrogen) atoms. The van der Waals surface area contributed by atoms with Crippen LogP contribution >= 0.6 is 0 Å². The van der Waals surface area contributed by atoms with Gasteiger partial charge in [0.1, 0.15) is 36.6 Å². The molecule has 3 aromatic carbocycles. The van der Waals surface area contributed by atoms with Crippen LogP contribution in [0.15, 0.2) is 66.7 Å². The first-order valence-corrected chi connectivity index (χ1v) is 10.5. The Bertz CT molecular complexity index is 1170. The van der Waals surface area contributed by atoms with Gasteiger partial charge >= 0.3 is 0 Å². The number of nitrogens with zero attached hydrogens (tertiary/aromatic N) is 2. The van der Waals surface area contributed by atoms with E-state index < -0.39 is 6.10 Å². The van der Waals surface area contributed by atoms with Gasteiger partial charge in [-0.05, 0) is 62.2 Å². The van der Waals surface area contributed by atoms with E-state index in [1.807, 2.05) is 86.0 Å². The number of aromatic nitrogens is 2. The molecule has 0 radical (unpaired) electrons. The van der Waals surface area contributed by atoms with Crippen LogP contribution in [0, 0.1) is 20.8 Å².